The van der Waals surface area contributed by atoms with E-state index in [0.29, 0.717) is 5.56 Å². The molecule has 3 N–H and O–H groups in total. The summed E-state index contributed by atoms with van der Waals surface area (Å²) < 4.78 is 0. The van der Waals surface area contributed by atoms with E-state index in [1.54, 1.807) is 19.2 Å². The first-order chi connectivity index (χ1) is 12.2. The molecule has 1 aliphatic heterocycles. The lowest BCUT2D eigenvalue weighted by molar-refractivity contribution is 0.0963. The Morgan fingerprint density at radius 2 is 1.84 bits per heavy atom. The molecule has 2 aliphatic rings. The zero-order valence-electron chi connectivity index (χ0n) is 15.0. The van der Waals surface area contributed by atoms with Crippen LogP contribution in [0.2, 0.25) is 0 Å². The molecule has 0 atom stereocenters. The van der Waals surface area contributed by atoms with Crippen LogP contribution in [0.3, 0.4) is 0 Å². The fourth-order valence-corrected chi connectivity index (χ4v) is 3.77. The van der Waals surface area contributed by atoms with E-state index < -0.39 is 0 Å². The molecule has 1 saturated heterocycles. The molecule has 1 aliphatic carbocycles. The third kappa shape index (κ3) is 4.48. The summed E-state index contributed by atoms with van der Waals surface area (Å²) in [6, 6.07) is 8.14. The number of amides is 1. The zero-order chi connectivity index (χ0) is 17.6. The van der Waals surface area contributed by atoms with Gasteiger partial charge in [0.2, 0.25) is 0 Å². The average molecular weight is 340 g/mol. The molecule has 0 bridgehead atoms. The third-order valence-electron chi connectivity index (χ3n) is 5.33. The standard InChI is InChI=1S/C20H28N4O/c1-22-20(25)15-6-8-17(9-7-15)23-14-16-10-12-24(13-11-19(16)21)18-4-2-3-5-18/h6-9,14,18,21,23H,2-5,10-13H2,1H3,(H,22,25)/b16-14-,21-19?. The summed E-state index contributed by atoms with van der Waals surface area (Å²) in [6.07, 6.45) is 9.09. The largest absolute Gasteiger partial charge is 0.361 e. The van der Waals surface area contributed by atoms with Gasteiger partial charge in [-0.3, -0.25) is 9.69 Å². The lowest BCUT2D eigenvalue weighted by Crippen LogP contribution is -2.34. The summed E-state index contributed by atoms with van der Waals surface area (Å²) in [5.74, 6) is -0.0811. The van der Waals surface area contributed by atoms with Crippen LogP contribution in [0.1, 0.15) is 48.9 Å². The number of carbonyl (C=O) groups excluding carboxylic acids is 1. The van der Waals surface area contributed by atoms with Crippen molar-refractivity contribution in [1.82, 2.24) is 10.2 Å². The first-order valence-electron chi connectivity index (χ1n) is 9.27. The number of nitrogens with one attached hydrogen (secondary N) is 3. The first-order valence-corrected chi connectivity index (χ1v) is 9.27. The number of rotatable bonds is 4. The molecule has 1 aromatic carbocycles. The van der Waals surface area contributed by atoms with Crippen LogP contribution < -0.4 is 10.6 Å². The van der Waals surface area contributed by atoms with E-state index in [4.69, 9.17) is 5.41 Å². The summed E-state index contributed by atoms with van der Waals surface area (Å²) in [7, 11) is 1.63. The first kappa shape index (κ1) is 17.7. The van der Waals surface area contributed by atoms with Gasteiger partial charge < -0.3 is 16.0 Å². The molecule has 0 aromatic heterocycles. The van der Waals surface area contributed by atoms with Crippen LogP contribution in [0.4, 0.5) is 5.69 Å². The van der Waals surface area contributed by atoms with E-state index in [2.05, 4.69) is 15.5 Å². The van der Waals surface area contributed by atoms with Crippen molar-refractivity contribution < 1.29 is 4.79 Å². The summed E-state index contributed by atoms with van der Waals surface area (Å²) >= 11 is 0. The minimum Gasteiger partial charge on any atom is -0.361 e. The molecular weight excluding hydrogens is 312 g/mol. The number of likely N-dealkylation sites (tertiary alicyclic amines) is 1. The van der Waals surface area contributed by atoms with Gasteiger partial charge in [0.15, 0.2) is 0 Å². The van der Waals surface area contributed by atoms with E-state index >= 15 is 0 Å². The molecule has 1 aromatic rings. The minimum atomic E-state index is -0.0811. The Morgan fingerprint density at radius 1 is 1.16 bits per heavy atom. The van der Waals surface area contributed by atoms with Crippen LogP contribution in [-0.2, 0) is 0 Å². The Morgan fingerprint density at radius 3 is 2.52 bits per heavy atom. The van der Waals surface area contributed by atoms with Gasteiger partial charge in [0.1, 0.15) is 0 Å². The summed E-state index contributed by atoms with van der Waals surface area (Å²) in [6.45, 7) is 2.07. The second kappa shape index (κ2) is 8.30. The highest BCUT2D eigenvalue weighted by Gasteiger charge is 2.25. The Hall–Kier alpha value is -2.14. The van der Waals surface area contributed by atoms with Crippen molar-refractivity contribution in [2.24, 2.45) is 0 Å². The molecule has 25 heavy (non-hydrogen) atoms. The Labute approximate surface area is 150 Å². The van der Waals surface area contributed by atoms with Gasteiger partial charge >= 0.3 is 0 Å². The summed E-state index contributed by atoms with van der Waals surface area (Å²) in [5.41, 5.74) is 3.42. The molecule has 0 spiro atoms. The minimum absolute atomic E-state index is 0.0811. The maximum atomic E-state index is 11.6. The molecule has 0 radical (unpaired) electrons. The van der Waals surface area contributed by atoms with E-state index in [9.17, 15) is 4.79 Å². The lowest BCUT2D eigenvalue weighted by atomic mass is 10.1. The van der Waals surface area contributed by atoms with E-state index in [0.717, 1.165) is 48.9 Å². The molecule has 5 heteroatoms. The monoisotopic (exact) mass is 340 g/mol. The predicted molar refractivity (Wildman–Crippen MR) is 102 cm³/mol. The van der Waals surface area contributed by atoms with E-state index in [-0.39, 0.29) is 5.91 Å². The molecular formula is C20H28N4O. The highest BCUT2D eigenvalue weighted by molar-refractivity contribution is 5.98. The van der Waals surface area contributed by atoms with Crippen molar-refractivity contribution in [1.29, 1.82) is 5.41 Å². The number of benzene rings is 1. The van der Waals surface area contributed by atoms with Gasteiger partial charge in [0, 0.05) is 55.8 Å². The molecule has 1 saturated carbocycles. The van der Waals surface area contributed by atoms with Crippen LogP contribution in [0.15, 0.2) is 36.0 Å². The zero-order valence-corrected chi connectivity index (χ0v) is 15.0. The molecule has 5 nitrogen and oxygen atoms in total. The Bertz CT molecular complexity index is 644. The Balaban J connectivity index is 1.60. The molecule has 1 amide bonds. The van der Waals surface area contributed by atoms with Gasteiger partial charge in [-0.1, -0.05) is 12.8 Å². The number of carbonyl (C=O) groups is 1. The van der Waals surface area contributed by atoms with Crippen molar-refractivity contribution in [3.05, 3.63) is 41.6 Å². The third-order valence-corrected chi connectivity index (χ3v) is 5.33. The maximum Gasteiger partial charge on any atom is 0.251 e. The van der Waals surface area contributed by atoms with Crippen molar-refractivity contribution in [3.63, 3.8) is 0 Å². The van der Waals surface area contributed by atoms with Gasteiger partial charge in [-0.25, -0.2) is 0 Å². The van der Waals surface area contributed by atoms with E-state index in [1.165, 1.54) is 25.7 Å². The lowest BCUT2D eigenvalue weighted by Gasteiger charge is -2.26. The molecule has 1 heterocycles. The second-order valence-electron chi connectivity index (χ2n) is 6.92. The Kier molecular flexibility index (Phi) is 5.87. The second-order valence-corrected chi connectivity index (χ2v) is 6.92. The predicted octanol–water partition coefficient (Wildman–Crippen LogP) is 3.40. The normalized spacial score (nSPS) is 21.3. The number of nitrogens with zero attached hydrogens (tertiary/aromatic N) is 1. The van der Waals surface area contributed by atoms with Gasteiger partial charge in [-0.05, 0) is 49.1 Å². The van der Waals surface area contributed by atoms with Crippen LogP contribution in [0, 0.1) is 5.41 Å². The number of hydrogen-bond acceptors (Lipinski definition) is 4. The summed E-state index contributed by atoms with van der Waals surface area (Å²) in [5, 5.41) is 14.2. The van der Waals surface area contributed by atoms with Gasteiger partial charge in [0.05, 0.1) is 0 Å². The van der Waals surface area contributed by atoms with Crippen LogP contribution in [0.25, 0.3) is 0 Å². The van der Waals surface area contributed by atoms with Crippen molar-refractivity contribution in [2.75, 3.05) is 25.5 Å². The van der Waals surface area contributed by atoms with Gasteiger partial charge in [0.25, 0.3) is 5.91 Å². The van der Waals surface area contributed by atoms with Crippen LogP contribution >= 0.6 is 0 Å². The van der Waals surface area contributed by atoms with Crippen LogP contribution in [0.5, 0.6) is 0 Å². The fraction of sp³-hybridized carbons (Fsp3) is 0.500. The molecule has 0 unspecified atom stereocenters. The van der Waals surface area contributed by atoms with E-state index in [1.807, 2.05) is 18.3 Å². The summed E-state index contributed by atoms with van der Waals surface area (Å²) in [4.78, 5) is 14.2. The number of anilines is 1. The smallest absolute Gasteiger partial charge is 0.251 e. The highest BCUT2D eigenvalue weighted by atomic mass is 16.1. The SMILES string of the molecule is CNC(=O)c1ccc(N/C=C2/CCN(C3CCCC3)CCC2=N)cc1. The van der Waals surface area contributed by atoms with Crippen LogP contribution in [-0.4, -0.2) is 42.7 Å². The van der Waals surface area contributed by atoms with Crippen molar-refractivity contribution >= 4 is 17.3 Å². The van der Waals surface area contributed by atoms with Crippen molar-refractivity contribution in [3.8, 4) is 0 Å². The fourth-order valence-electron chi connectivity index (χ4n) is 3.77. The molecule has 134 valence electrons. The molecule has 2 fully saturated rings. The topological polar surface area (TPSA) is 68.2 Å². The molecule has 3 rings (SSSR count). The van der Waals surface area contributed by atoms with Gasteiger partial charge in [-0.15, -0.1) is 0 Å². The number of hydrogen-bond donors (Lipinski definition) is 3. The quantitative estimate of drug-likeness (QED) is 0.787. The van der Waals surface area contributed by atoms with Crippen molar-refractivity contribution in [2.45, 2.75) is 44.6 Å². The highest BCUT2D eigenvalue weighted by Crippen LogP contribution is 2.26. The average Bonchev–Trinajstić information content (AvgIpc) is 3.11. The maximum absolute atomic E-state index is 11.6. The van der Waals surface area contributed by atoms with Gasteiger partial charge in [-0.2, -0.15) is 0 Å².